The van der Waals surface area contributed by atoms with Crippen molar-refractivity contribution < 1.29 is 13.2 Å². The van der Waals surface area contributed by atoms with Crippen LogP contribution in [0.15, 0.2) is 23.1 Å². The first-order valence-corrected chi connectivity index (χ1v) is 8.85. The monoisotopic (exact) mass is 310 g/mol. The summed E-state index contributed by atoms with van der Waals surface area (Å²) in [5.41, 5.74) is 0.993. The van der Waals surface area contributed by atoms with Crippen LogP contribution >= 0.6 is 0 Å². The molecule has 21 heavy (non-hydrogen) atoms. The average molecular weight is 310 g/mol. The lowest BCUT2D eigenvalue weighted by atomic mass is 10.0. The summed E-state index contributed by atoms with van der Waals surface area (Å²) in [5.74, 6) is 0.587. The lowest BCUT2D eigenvalue weighted by molar-refractivity contribution is -0.116. The minimum atomic E-state index is -3.77. The van der Waals surface area contributed by atoms with E-state index in [4.69, 9.17) is 5.14 Å². The smallest absolute Gasteiger partial charge is 0.238 e. The van der Waals surface area contributed by atoms with Gasteiger partial charge in [-0.2, -0.15) is 0 Å². The third-order valence-corrected chi connectivity index (χ3v) is 5.17. The van der Waals surface area contributed by atoms with Crippen molar-refractivity contribution in [1.29, 1.82) is 0 Å². The molecule has 1 aliphatic carbocycles. The zero-order valence-electron chi connectivity index (χ0n) is 12.3. The highest BCUT2D eigenvalue weighted by molar-refractivity contribution is 7.89. The van der Waals surface area contributed by atoms with Gasteiger partial charge in [0.1, 0.15) is 0 Å². The highest BCUT2D eigenvalue weighted by atomic mass is 32.2. The molecule has 3 N–H and O–H groups in total. The number of nitrogens with two attached hydrogens (primary N) is 1. The van der Waals surface area contributed by atoms with Gasteiger partial charge in [-0.1, -0.05) is 31.7 Å². The van der Waals surface area contributed by atoms with Gasteiger partial charge in [0.25, 0.3) is 0 Å². The van der Waals surface area contributed by atoms with Gasteiger partial charge in [-0.3, -0.25) is 4.79 Å². The molecule has 1 aromatic carbocycles. The van der Waals surface area contributed by atoms with Gasteiger partial charge in [0.2, 0.25) is 15.9 Å². The molecular weight excluding hydrogens is 288 g/mol. The predicted molar refractivity (Wildman–Crippen MR) is 82.4 cm³/mol. The van der Waals surface area contributed by atoms with Crippen molar-refractivity contribution in [3.05, 3.63) is 23.8 Å². The Bertz CT molecular complexity index is 620. The molecule has 0 unspecified atom stereocenters. The lowest BCUT2D eigenvalue weighted by Gasteiger charge is -2.12. The summed E-state index contributed by atoms with van der Waals surface area (Å²) in [6.07, 6.45) is 6.34. The Morgan fingerprint density at radius 3 is 2.62 bits per heavy atom. The lowest BCUT2D eigenvalue weighted by Crippen LogP contribution is -2.17. The Morgan fingerprint density at radius 2 is 2.00 bits per heavy atom. The molecule has 1 aromatic rings. The summed E-state index contributed by atoms with van der Waals surface area (Å²) < 4.78 is 22.9. The van der Waals surface area contributed by atoms with Gasteiger partial charge in [-0.25, -0.2) is 13.6 Å². The van der Waals surface area contributed by atoms with Crippen LogP contribution in [0.25, 0.3) is 0 Å². The maximum Gasteiger partial charge on any atom is 0.238 e. The second-order valence-corrected chi connectivity index (χ2v) is 7.24. The second-order valence-electron chi connectivity index (χ2n) is 5.71. The molecule has 0 aliphatic heterocycles. The second kappa shape index (κ2) is 6.58. The van der Waals surface area contributed by atoms with Crippen molar-refractivity contribution >= 4 is 21.6 Å². The molecule has 6 heteroatoms. The number of hydrogen-bond donors (Lipinski definition) is 2. The fraction of sp³-hybridized carbons (Fsp3) is 0.533. The minimum absolute atomic E-state index is 0.0519. The standard InChI is InChI=1S/C15H22N2O3S/c1-11-13(7-4-8-14(11)21(16,19)20)17-15(18)10-9-12-5-2-3-6-12/h4,7-8,12H,2-3,5-6,9-10H2,1H3,(H,17,18)(H2,16,19,20). The van der Waals surface area contributed by atoms with Crippen LogP contribution in [0, 0.1) is 12.8 Å². The highest BCUT2D eigenvalue weighted by Gasteiger charge is 2.18. The first-order chi connectivity index (χ1) is 9.88. The molecule has 0 radical (unpaired) electrons. The zero-order valence-corrected chi connectivity index (χ0v) is 13.1. The van der Waals surface area contributed by atoms with Gasteiger partial charge < -0.3 is 5.32 Å². The molecule has 0 spiro atoms. The molecule has 0 heterocycles. The SMILES string of the molecule is Cc1c(NC(=O)CCC2CCCC2)cccc1S(N)(=O)=O. The number of sulfonamides is 1. The van der Waals surface area contributed by atoms with E-state index in [-0.39, 0.29) is 10.8 Å². The first-order valence-electron chi connectivity index (χ1n) is 7.30. The molecule has 1 saturated carbocycles. The van der Waals surface area contributed by atoms with E-state index in [1.165, 1.54) is 31.7 Å². The Morgan fingerprint density at radius 1 is 1.33 bits per heavy atom. The van der Waals surface area contributed by atoms with E-state index >= 15 is 0 Å². The average Bonchev–Trinajstić information content (AvgIpc) is 2.90. The molecule has 2 rings (SSSR count). The highest BCUT2D eigenvalue weighted by Crippen LogP contribution is 2.29. The predicted octanol–water partition coefficient (Wildman–Crippen LogP) is 2.55. The maximum absolute atomic E-state index is 12.0. The van der Waals surface area contributed by atoms with Crippen molar-refractivity contribution in [3.8, 4) is 0 Å². The molecule has 1 amide bonds. The van der Waals surface area contributed by atoms with Crippen LogP contribution in [0.2, 0.25) is 0 Å². The summed E-state index contributed by atoms with van der Waals surface area (Å²) >= 11 is 0. The van der Waals surface area contributed by atoms with E-state index in [2.05, 4.69) is 5.32 Å². The first kappa shape index (κ1) is 16.0. The van der Waals surface area contributed by atoms with Gasteiger partial charge in [-0.15, -0.1) is 0 Å². The van der Waals surface area contributed by atoms with Gasteiger partial charge in [-0.05, 0) is 37.0 Å². The van der Waals surface area contributed by atoms with E-state index in [0.717, 1.165) is 6.42 Å². The molecular formula is C15H22N2O3S. The van der Waals surface area contributed by atoms with Crippen LogP contribution in [0.3, 0.4) is 0 Å². The van der Waals surface area contributed by atoms with E-state index < -0.39 is 10.0 Å². The number of rotatable bonds is 5. The Labute approximate surface area is 126 Å². The Hall–Kier alpha value is -1.40. The van der Waals surface area contributed by atoms with Crippen molar-refractivity contribution in [2.45, 2.75) is 50.3 Å². The van der Waals surface area contributed by atoms with Crippen LogP contribution in [0.5, 0.6) is 0 Å². The number of carbonyl (C=O) groups is 1. The number of primary sulfonamides is 1. The molecule has 116 valence electrons. The van der Waals surface area contributed by atoms with E-state index in [1.807, 2.05) is 0 Å². The van der Waals surface area contributed by atoms with E-state index in [1.54, 1.807) is 19.1 Å². The van der Waals surface area contributed by atoms with Gasteiger partial charge >= 0.3 is 0 Å². The molecule has 1 fully saturated rings. The molecule has 0 aromatic heterocycles. The largest absolute Gasteiger partial charge is 0.326 e. The van der Waals surface area contributed by atoms with Crippen LogP contribution < -0.4 is 10.5 Å². The van der Waals surface area contributed by atoms with Gasteiger partial charge in [0.15, 0.2) is 0 Å². The van der Waals surface area contributed by atoms with Gasteiger partial charge in [0, 0.05) is 12.1 Å². The summed E-state index contributed by atoms with van der Waals surface area (Å²) in [4.78, 5) is 12.0. The molecule has 0 bridgehead atoms. The number of hydrogen-bond acceptors (Lipinski definition) is 3. The fourth-order valence-corrected chi connectivity index (χ4v) is 3.71. The normalized spacial score (nSPS) is 16.1. The third kappa shape index (κ3) is 4.28. The van der Waals surface area contributed by atoms with Crippen LogP contribution in [0.4, 0.5) is 5.69 Å². The van der Waals surface area contributed by atoms with Gasteiger partial charge in [0.05, 0.1) is 4.90 Å². The van der Waals surface area contributed by atoms with Crippen molar-refractivity contribution in [3.63, 3.8) is 0 Å². The summed E-state index contributed by atoms with van der Waals surface area (Å²) in [5, 5.41) is 7.95. The van der Waals surface area contributed by atoms with Crippen LogP contribution in [0.1, 0.15) is 44.1 Å². The Balaban J connectivity index is 2.00. The topological polar surface area (TPSA) is 89.3 Å². The van der Waals surface area contributed by atoms with Crippen LogP contribution in [-0.2, 0) is 14.8 Å². The van der Waals surface area contributed by atoms with Crippen molar-refractivity contribution in [1.82, 2.24) is 0 Å². The number of amides is 1. The van der Waals surface area contributed by atoms with E-state index in [0.29, 0.717) is 23.6 Å². The summed E-state index contributed by atoms with van der Waals surface area (Å²) in [6.45, 7) is 1.65. The van der Waals surface area contributed by atoms with Crippen molar-refractivity contribution in [2.24, 2.45) is 11.1 Å². The molecule has 1 aliphatic rings. The zero-order chi connectivity index (χ0) is 15.5. The molecule has 0 saturated heterocycles. The molecule has 0 atom stereocenters. The summed E-state index contributed by atoms with van der Waals surface area (Å²) in [7, 11) is -3.77. The number of nitrogens with one attached hydrogen (secondary N) is 1. The van der Waals surface area contributed by atoms with Crippen molar-refractivity contribution in [2.75, 3.05) is 5.32 Å². The Kier molecular flexibility index (Phi) is 5.00. The number of carbonyl (C=O) groups excluding carboxylic acids is 1. The number of anilines is 1. The summed E-state index contributed by atoms with van der Waals surface area (Å²) in [6, 6.07) is 4.72. The maximum atomic E-state index is 12.0. The fourth-order valence-electron chi connectivity index (χ4n) is 2.91. The molecule has 5 nitrogen and oxygen atoms in total. The number of benzene rings is 1. The van der Waals surface area contributed by atoms with Crippen LogP contribution in [-0.4, -0.2) is 14.3 Å². The minimum Gasteiger partial charge on any atom is -0.326 e. The quantitative estimate of drug-likeness (QED) is 0.876. The third-order valence-electron chi connectivity index (χ3n) is 4.12. The van der Waals surface area contributed by atoms with E-state index in [9.17, 15) is 13.2 Å².